The van der Waals surface area contributed by atoms with Crippen molar-refractivity contribution < 1.29 is 57.1 Å². The van der Waals surface area contributed by atoms with Gasteiger partial charge in [0.1, 0.15) is 23.0 Å². The Morgan fingerprint density at radius 2 is 0.412 bits per heavy atom. The van der Waals surface area contributed by atoms with Crippen LogP contribution in [-0.4, -0.2) is 63.3 Å². The van der Waals surface area contributed by atoms with Gasteiger partial charge in [-0.15, -0.1) is 0 Å². The van der Waals surface area contributed by atoms with Crippen molar-refractivity contribution in [3.05, 3.63) is 139 Å². The molecule has 0 radical (unpaired) electrons. The monoisotopic (exact) mass is 2080 g/mol. The van der Waals surface area contributed by atoms with E-state index in [4.69, 9.17) is 37.9 Å². The van der Waals surface area contributed by atoms with Crippen LogP contribution in [0.1, 0.15) is 468 Å². The molecular formula is C120H168I2N2O12. The Labute approximate surface area is 846 Å². The minimum Gasteiger partial charge on any atom is -0.489 e. The molecule has 2 heterocycles. The van der Waals surface area contributed by atoms with E-state index in [0.717, 1.165) is 123 Å². The van der Waals surface area contributed by atoms with Crippen LogP contribution in [0.3, 0.4) is 0 Å². The molecule has 0 bridgehead atoms. The summed E-state index contributed by atoms with van der Waals surface area (Å²) in [6.45, 7) is 16.2. The van der Waals surface area contributed by atoms with Gasteiger partial charge in [-0.1, -0.05) is 400 Å². The second kappa shape index (κ2) is 62.6. The fraction of sp³-hybridized carbons (Fsp3) is 0.600. The number of nitrogens with zero attached hydrogens (tertiary/aromatic N) is 2. The van der Waals surface area contributed by atoms with Crippen molar-refractivity contribution in [2.24, 2.45) is 0 Å². The third-order valence-electron chi connectivity index (χ3n) is 27.9. The van der Waals surface area contributed by atoms with Crippen molar-refractivity contribution >= 4 is 123 Å². The molecule has 9 aromatic rings. The second-order valence-electron chi connectivity index (χ2n) is 39.1. The molecule has 0 saturated carbocycles. The van der Waals surface area contributed by atoms with E-state index in [1.54, 1.807) is 12.1 Å². The van der Waals surface area contributed by atoms with E-state index in [9.17, 15) is 0 Å². The Balaban J connectivity index is 0.998. The highest BCUT2D eigenvalue weighted by Gasteiger charge is 2.42. The number of imide groups is 2. The summed E-state index contributed by atoms with van der Waals surface area (Å²) in [5, 5.41) is 4.54. The number of fused-ring (bicyclic) bond motifs is 2. The lowest BCUT2D eigenvalue weighted by Crippen LogP contribution is -2.40. The van der Waals surface area contributed by atoms with E-state index in [1.807, 2.05) is 97.1 Å². The Morgan fingerprint density at radius 1 is 0.206 bits per heavy atom. The number of hydrogen-bond donors (Lipinski definition) is 0. The molecule has 2 aliphatic rings. The van der Waals surface area contributed by atoms with Crippen LogP contribution in [0.25, 0.3) is 43.1 Å². The largest absolute Gasteiger partial charge is 0.489 e. The maximum Gasteiger partial charge on any atom is 0.266 e. The number of unbranched alkanes of at least 4 members (excludes halogenated alkanes) is 54. The predicted octanol–water partition coefficient (Wildman–Crippen LogP) is 37.9. The van der Waals surface area contributed by atoms with E-state index in [1.165, 1.54) is 279 Å². The Kier molecular flexibility index (Phi) is 50.1. The van der Waals surface area contributed by atoms with E-state index >= 15 is 19.2 Å². The van der Waals surface area contributed by atoms with Crippen molar-refractivity contribution in [3.8, 4) is 57.5 Å². The SMILES string of the molecule is CCCCCCCCCCCCOc1cc(N2C(=O)c3ccc4c5c(Oc6ccc(I)cc6)cc6c7c(ccc(c8c(Oc9ccc(I)cc9)cc(c3c48)C2=O)c75)C(=O)N(c2cc(OCCCCCCCCCCCC)c(OCCCCCCCCCCCC)c(OCCCCCCCCCCCC)c2)C6=O)cc(OCCCCCCCCCCCC)c1OCCCCCCCCCCCC. The molecule has 744 valence electrons. The van der Waals surface area contributed by atoms with Crippen molar-refractivity contribution in [1.82, 2.24) is 0 Å². The van der Waals surface area contributed by atoms with Gasteiger partial charge in [-0.05, 0) is 167 Å². The van der Waals surface area contributed by atoms with Crippen LogP contribution in [0.15, 0.2) is 109 Å². The number of halogens is 2. The first kappa shape index (κ1) is 109. The minimum atomic E-state index is -0.551. The van der Waals surface area contributed by atoms with Gasteiger partial charge in [0.2, 0.25) is 11.5 Å². The standard InChI is InChI=1S/C120H168I2N2O12/c1-7-13-19-25-31-37-43-49-55-61-79-129-105-85-93(86-106(130-80-62-56-50-44-38-32-26-20-14-8-2)115(105)133-83-65-59-53-47-41-35-29-23-17-11-5)123-117(125)99-77-75-97-112-104(136-96-73-69-92(122)70-74-96)90-102-110-100(78-76-98(114(110)112)111-103(135-95-71-67-91(121)68-72-95)89-101(119(123)127)109(99)113(97)111)118(126)124(120(102)128)94-87-107(131-81-63-57-51-45-39-33-27-21-15-9-3)116(134-84-66-60-54-48-42-36-30-24-18-12-6)108(88-94)132-82-64-58-52-46-40-34-28-22-16-10-4/h67-78,85-90H,7-66,79-84H2,1-6H3. The Morgan fingerprint density at radius 3 is 0.640 bits per heavy atom. The van der Waals surface area contributed by atoms with Gasteiger partial charge in [0, 0.05) is 74.9 Å². The lowest BCUT2D eigenvalue weighted by Gasteiger charge is -2.32. The van der Waals surface area contributed by atoms with Crippen molar-refractivity contribution in [1.29, 1.82) is 0 Å². The molecule has 9 aromatic carbocycles. The predicted molar refractivity (Wildman–Crippen MR) is 585 cm³/mol. The first-order valence-electron chi connectivity index (χ1n) is 55.0. The molecule has 0 fully saturated rings. The van der Waals surface area contributed by atoms with Crippen molar-refractivity contribution in [2.45, 2.75) is 427 Å². The number of anilines is 2. The molecule has 0 N–H and O–H groups in total. The van der Waals surface area contributed by atoms with Gasteiger partial charge in [0.15, 0.2) is 23.0 Å². The highest BCUT2D eigenvalue weighted by atomic mass is 127. The van der Waals surface area contributed by atoms with Crippen LogP contribution in [0.5, 0.6) is 57.5 Å². The third-order valence-corrected chi connectivity index (χ3v) is 29.3. The molecule has 14 nitrogen and oxygen atoms in total. The number of benzene rings is 9. The molecule has 2 aliphatic heterocycles. The normalized spacial score (nSPS) is 12.6. The van der Waals surface area contributed by atoms with E-state index in [0.29, 0.717) is 163 Å². The Bertz CT molecular complexity index is 4620. The van der Waals surface area contributed by atoms with E-state index in [-0.39, 0.29) is 11.1 Å². The molecule has 0 unspecified atom stereocenters. The first-order valence-corrected chi connectivity index (χ1v) is 57.1. The molecule has 0 aliphatic carbocycles. The summed E-state index contributed by atoms with van der Waals surface area (Å²) < 4.78 is 58.2. The summed E-state index contributed by atoms with van der Waals surface area (Å²) in [5.41, 5.74) is 1.73. The summed E-state index contributed by atoms with van der Waals surface area (Å²) in [7, 11) is 0. The van der Waals surface area contributed by atoms with Crippen LogP contribution >= 0.6 is 45.2 Å². The maximum absolute atomic E-state index is 16.6. The lowest BCUT2D eigenvalue weighted by atomic mass is 9.81. The van der Waals surface area contributed by atoms with E-state index < -0.39 is 23.6 Å². The quantitative estimate of drug-likeness (QED) is 0.0117. The summed E-state index contributed by atoms with van der Waals surface area (Å²) in [6.07, 6.45) is 71.1. The van der Waals surface area contributed by atoms with Gasteiger partial charge in [0.25, 0.3) is 23.6 Å². The van der Waals surface area contributed by atoms with Crippen LogP contribution in [-0.2, 0) is 0 Å². The topological polar surface area (TPSA) is 149 Å². The molecule has 16 heteroatoms. The van der Waals surface area contributed by atoms with Crippen LogP contribution in [0.2, 0.25) is 0 Å². The van der Waals surface area contributed by atoms with E-state index in [2.05, 4.69) is 86.7 Å². The van der Waals surface area contributed by atoms with Crippen molar-refractivity contribution in [2.75, 3.05) is 49.4 Å². The van der Waals surface area contributed by atoms with Gasteiger partial charge in [0.05, 0.1) is 62.1 Å². The van der Waals surface area contributed by atoms with Gasteiger partial charge >= 0.3 is 0 Å². The van der Waals surface area contributed by atoms with Crippen LogP contribution in [0, 0.1) is 7.14 Å². The summed E-state index contributed by atoms with van der Waals surface area (Å²) in [4.78, 5) is 68.6. The number of hydrogen-bond acceptors (Lipinski definition) is 12. The fourth-order valence-electron chi connectivity index (χ4n) is 20.0. The van der Waals surface area contributed by atoms with Crippen molar-refractivity contribution in [3.63, 3.8) is 0 Å². The van der Waals surface area contributed by atoms with Crippen LogP contribution < -0.4 is 47.7 Å². The zero-order valence-electron chi connectivity index (χ0n) is 84.6. The second-order valence-corrected chi connectivity index (χ2v) is 41.6. The molecule has 136 heavy (non-hydrogen) atoms. The summed E-state index contributed by atoms with van der Waals surface area (Å²) >= 11 is 4.59. The van der Waals surface area contributed by atoms with Gasteiger partial charge in [-0.25, -0.2) is 9.80 Å². The van der Waals surface area contributed by atoms with Gasteiger partial charge in [-0.2, -0.15) is 0 Å². The highest BCUT2D eigenvalue weighted by molar-refractivity contribution is 14.1. The zero-order valence-corrected chi connectivity index (χ0v) is 88.9. The minimum absolute atomic E-state index is 0.252. The molecule has 0 aromatic heterocycles. The maximum atomic E-state index is 16.6. The first-order chi connectivity index (χ1) is 66.9. The molecule has 0 spiro atoms. The summed E-state index contributed by atoms with van der Waals surface area (Å²) in [5.74, 6) is 2.34. The zero-order chi connectivity index (χ0) is 95.5. The highest BCUT2D eigenvalue weighted by Crippen LogP contribution is 2.55. The number of ether oxygens (including phenoxy) is 8. The third kappa shape index (κ3) is 33.3. The number of carbonyl (C=O) groups is 4. The van der Waals surface area contributed by atoms with Gasteiger partial charge < -0.3 is 37.9 Å². The van der Waals surface area contributed by atoms with Gasteiger partial charge in [-0.3, -0.25) is 19.2 Å². The summed E-state index contributed by atoms with van der Waals surface area (Å²) in [6, 6.07) is 34.0. The average Bonchev–Trinajstić information content (AvgIpc) is 0.677. The number of carbonyl (C=O) groups excluding carboxylic acids is 4. The fourth-order valence-corrected chi connectivity index (χ4v) is 20.7. The lowest BCUT2D eigenvalue weighted by molar-refractivity contribution is 0.0877. The molecule has 4 amide bonds. The van der Waals surface area contributed by atoms with Crippen LogP contribution in [0.4, 0.5) is 11.4 Å². The molecule has 11 rings (SSSR count). The molecule has 0 saturated heterocycles. The molecule has 0 atom stereocenters. The smallest absolute Gasteiger partial charge is 0.266 e. The number of amides is 4. The molecular weight excluding hydrogens is 1920 g/mol. The Hall–Kier alpha value is -7.58. The average molecular weight is 2080 g/mol. The number of rotatable bonds is 78.